The summed E-state index contributed by atoms with van der Waals surface area (Å²) in [5, 5.41) is 7.89. The highest BCUT2D eigenvalue weighted by Crippen LogP contribution is 2.43. The fourth-order valence-electron chi connectivity index (χ4n) is 6.01. The summed E-state index contributed by atoms with van der Waals surface area (Å²) in [7, 11) is 4.24. The molecule has 6 rings (SSSR count). The third-order valence-electron chi connectivity index (χ3n) is 8.46. The van der Waals surface area contributed by atoms with Crippen molar-refractivity contribution < 1.29 is 33.3 Å². The van der Waals surface area contributed by atoms with Crippen molar-refractivity contribution in [1.29, 1.82) is 0 Å². The molecule has 5 aromatic rings. The van der Waals surface area contributed by atoms with E-state index in [1.807, 2.05) is 31.4 Å². The second kappa shape index (κ2) is 14.4. The molecule has 0 aliphatic carbocycles. The first-order valence-corrected chi connectivity index (χ1v) is 16.6. The van der Waals surface area contributed by atoms with Crippen LogP contribution in [0.1, 0.15) is 53.6 Å². The minimum atomic E-state index is -0.787. The van der Waals surface area contributed by atoms with Gasteiger partial charge in [-0.15, -0.1) is 11.3 Å². The van der Waals surface area contributed by atoms with Crippen LogP contribution in [0.2, 0.25) is 0 Å². The fourth-order valence-corrected chi connectivity index (χ4v) is 6.98. The lowest BCUT2D eigenvalue weighted by Crippen LogP contribution is -2.19. The molecule has 256 valence electrons. The average molecular weight is 693 g/mol. The van der Waals surface area contributed by atoms with Crippen molar-refractivity contribution in [3.05, 3.63) is 105 Å². The SMILES string of the molecule is COC(=O)c1nc(C(=O)Nc2cc(OC)cc(OC)c2)ccc1-c1cc2c(cc1C(=O)Nc1c(C)cc(CN)cc1C)-c1sccc1CCO2. The number of hydrogen-bond acceptors (Lipinski definition) is 10. The van der Waals surface area contributed by atoms with E-state index < -0.39 is 17.8 Å². The van der Waals surface area contributed by atoms with E-state index in [0.29, 0.717) is 53.8 Å². The number of carbonyl (C=O) groups is 3. The highest BCUT2D eigenvalue weighted by molar-refractivity contribution is 7.13. The summed E-state index contributed by atoms with van der Waals surface area (Å²) in [6.07, 6.45) is 0.703. The van der Waals surface area contributed by atoms with Crippen LogP contribution in [0.5, 0.6) is 17.2 Å². The molecule has 1 aliphatic heterocycles. The molecule has 1 aliphatic rings. The maximum Gasteiger partial charge on any atom is 0.357 e. The number of amides is 2. The first-order chi connectivity index (χ1) is 24.1. The third-order valence-corrected chi connectivity index (χ3v) is 9.45. The quantitative estimate of drug-likeness (QED) is 0.142. The van der Waals surface area contributed by atoms with E-state index >= 15 is 0 Å². The molecule has 0 unspecified atom stereocenters. The number of thiophene rings is 1. The van der Waals surface area contributed by atoms with Gasteiger partial charge in [0.2, 0.25) is 0 Å². The van der Waals surface area contributed by atoms with Crippen molar-refractivity contribution in [1.82, 2.24) is 4.98 Å². The van der Waals surface area contributed by atoms with Crippen molar-refractivity contribution in [3.8, 4) is 38.8 Å². The van der Waals surface area contributed by atoms with E-state index in [1.165, 1.54) is 27.4 Å². The molecule has 50 heavy (non-hydrogen) atoms. The van der Waals surface area contributed by atoms with Gasteiger partial charge in [0, 0.05) is 69.7 Å². The van der Waals surface area contributed by atoms with Gasteiger partial charge in [-0.05, 0) is 71.8 Å². The fraction of sp³-hybridized carbons (Fsp3) is 0.211. The van der Waals surface area contributed by atoms with Gasteiger partial charge in [0.1, 0.15) is 22.9 Å². The van der Waals surface area contributed by atoms with Crippen LogP contribution in [-0.4, -0.2) is 50.7 Å². The van der Waals surface area contributed by atoms with Gasteiger partial charge in [-0.1, -0.05) is 12.1 Å². The van der Waals surface area contributed by atoms with Gasteiger partial charge in [-0.2, -0.15) is 0 Å². The normalized spacial score (nSPS) is 11.7. The van der Waals surface area contributed by atoms with Gasteiger partial charge < -0.3 is 35.3 Å². The summed E-state index contributed by atoms with van der Waals surface area (Å²) in [5.74, 6) is -0.264. The van der Waals surface area contributed by atoms with Crippen molar-refractivity contribution in [2.75, 3.05) is 38.6 Å². The number of aromatic nitrogens is 1. The predicted molar refractivity (Wildman–Crippen MR) is 193 cm³/mol. The summed E-state index contributed by atoms with van der Waals surface area (Å²) >= 11 is 1.57. The van der Waals surface area contributed by atoms with Crippen LogP contribution in [0.25, 0.3) is 21.6 Å². The second-order valence-electron chi connectivity index (χ2n) is 11.7. The highest BCUT2D eigenvalue weighted by atomic mass is 32.1. The molecule has 2 amide bonds. The molecule has 2 aromatic heterocycles. The zero-order valence-corrected chi connectivity index (χ0v) is 29.1. The van der Waals surface area contributed by atoms with E-state index in [4.69, 9.17) is 24.7 Å². The maximum absolute atomic E-state index is 14.3. The number of aryl methyl sites for hydroxylation is 2. The smallest absolute Gasteiger partial charge is 0.357 e. The molecule has 0 bridgehead atoms. The summed E-state index contributed by atoms with van der Waals surface area (Å²) in [6.45, 7) is 4.63. The molecule has 0 atom stereocenters. The van der Waals surface area contributed by atoms with Crippen LogP contribution in [0.4, 0.5) is 11.4 Å². The Labute approximate surface area is 293 Å². The van der Waals surface area contributed by atoms with Crippen LogP contribution >= 0.6 is 11.3 Å². The molecular weight excluding hydrogens is 657 g/mol. The van der Waals surface area contributed by atoms with Gasteiger partial charge in [0.15, 0.2) is 5.69 Å². The van der Waals surface area contributed by atoms with E-state index in [9.17, 15) is 14.4 Å². The topological polar surface area (TPSA) is 151 Å². The summed E-state index contributed by atoms with van der Waals surface area (Å²) < 4.78 is 22.0. The third kappa shape index (κ3) is 6.75. The Morgan fingerprint density at radius 1 is 0.860 bits per heavy atom. The van der Waals surface area contributed by atoms with Crippen LogP contribution in [-0.2, 0) is 17.7 Å². The summed E-state index contributed by atoms with van der Waals surface area (Å²) in [6, 6.07) is 17.5. The number of benzene rings is 3. The number of ether oxygens (including phenoxy) is 4. The number of nitrogens with one attached hydrogen (secondary N) is 2. The van der Waals surface area contributed by atoms with Crippen molar-refractivity contribution in [3.63, 3.8) is 0 Å². The molecule has 4 N–H and O–H groups in total. The largest absolute Gasteiger partial charge is 0.497 e. The van der Waals surface area contributed by atoms with Crippen LogP contribution in [0, 0.1) is 13.8 Å². The molecule has 0 saturated heterocycles. The number of pyridine rings is 1. The number of rotatable bonds is 9. The van der Waals surface area contributed by atoms with Crippen molar-refractivity contribution in [2.45, 2.75) is 26.8 Å². The zero-order chi connectivity index (χ0) is 35.5. The highest BCUT2D eigenvalue weighted by Gasteiger charge is 2.27. The van der Waals surface area contributed by atoms with Crippen LogP contribution < -0.4 is 30.6 Å². The molecule has 0 radical (unpaired) electrons. The lowest BCUT2D eigenvalue weighted by atomic mass is 9.93. The van der Waals surface area contributed by atoms with E-state index in [-0.39, 0.29) is 22.5 Å². The minimum absolute atomic E-state index is 0.0533. The molecule has 3 aromatic carbocycles. The standard InChI is InChI=1S/C38H36N4O7S/c1-20-12-22(19-39)13-21(2)33(20)42-36(43)29-17-30-32(49-10-8-23-9-11-50-35(23)30)18-28(29)27-6-7-31(41-34(27)38(45)48-5)37(44)40-24-14-25(46-3)16-26(15-24)47-4/h6-7,9,11-18H,8,10,19,39H2,1-5H3,(H,40,44)(H,42,43). The predicted octanol–water partition coefficient (Wildman–Crippen LogP) is 6.80. The second-order valence-corrected chi connectivity index (χ2v) is 12.6. The monoisotopic (exact) mass is 692 g/mol. The van der Waals surface area contributed by atoms with Crippen LogP contribution in [0.15, 0.2) is 66.0 Å². The Bertz CT molecular complexity index is 2100. The molecule has 0 fully saturated rings. The summed E-state index contributed by atoms with van der Waals surface area (Å²) in [5.41, 5.74) is 12.3. The minimum Gasteiger partial charge on any atom is -0.497 e. The number of hydrogen-bond donors (Lipinski definition) is 3. The lowest BCUT2D eigenvalue weighted by Gasteiger charge is -2.19. The number of methoxy groups -OCH3 is 3. The number of esters is 1. The van der Waals surface area contributed by atoms with Gasteiger partial charge in [0.25, 0.3) is 11.8 Å². The number of fused-ring (bicyclic) bond motifs is 3. The molecule has 3 heterocycles. The molecule has 0 saturated carbocycles. The number of nitrogens with zero attached hydrogens (tertiary/aromatic N) is 1. The maximum atomic E-state index is 14.3. The van der Waals surface area contributed by atoms with E-state index in [0.717, 1.165) is 32.7 Å². The van der Waals surface area contributed by atoms with Gasteiger partial charge in [-0.25, -0.2) is 9.78 Å². The molecule has 11 nitrogen and oxygen atoms in total. The Morgan fingerprint density at radius 3 is 2.24 bits per heavy atom. The van der Waals surface area contributed by atoms with Gasteiger partial charge in [0.05, 0.1) is 27.9 Å². The van der Waals surface area contributed by atoms with Gasteiger partial charge >= 0.3 is 5.97 Å². The van der Waals surface area contributed by atoms with Crippen molar-refractivity contribution in [2.24, 2.45) is 5.73 Å². The van der Waals surface area contributed by atoms with Crippen molar-refractivity contribution >= 4 is 40.5 Å². The molecular formula is C38H36N4O7S. The number of carbonyl (C=O) groups excluding carboxylic acids is 3. The Morgan fingerprint density at radius 2 is 1.58 bits per heavy atom. The molecule has 12 heteroatoms. The lowest BCUT2D eigenvalue weighted by molar-refractivity contribution is 0.0594. The average Bonchev–Trinajstić information content (AvgIpc) is 3.53. The summed E-state index contributed by atoms with van der Waals surface area (Å²) in [4.78, 5) is 46.5. The number of nitrogens with two attached hydrogens (primary N) is 1. The van der Waals surface area contributed by atoms with Gasteiger partial charge in [-0.3, -0.25) is 9.59 Å². The number of anilines is 2. The van der Waals surface area contributed by atoms with E-state index in [2.05, 4.69) is 21.7 Å². The first-order valence-electron chi connectivity index (χ1n) is 15.8. The zero-order valence-electron chi connectivity index (χ0n) is 28.3. The molecule has 0 spiro atoms. The Kier molecular flexibility index (Phi) is 9.84. The Balaban J connectivity index is 1.47. The first kappa shape index (κ1) is 34.2. The van der Waals surface area contributed by atoms with E-state index in [1.54, 1.807) is 47.7 Å². The van der Waals surface area contributed by atoms with Crippen LogP contribution in [0.3, 0.4) is 0 Å². The Hall–Kier alpha value is -5.72.